The average Bonchev–Trinajstić information content (AvgIpc) is 2.46. The molecule has 0 bridgehead atoms. The molecule has 1 amide bonds. The molecule has 17 heavy (non-hydrogen) atoms. The summed E-state index contributed by atoms with van der Waals surface area (Å²) in [5.41, 5.74) is 7.93. The van der Waals surface area contributed by atoms with Gasteiger partial charge in [0.15, 0.2) is 0 Å². The fourth-order valence-corrected chi connectivity index (χ4v) is 1.85. The molecule has 0 aromatic carbocycles. The second-order valence-electron chi connectivity index (χ2n) is 4.68. The molecule has 1 heterocycles. The third-order valence-electron chi connectivity index (χ3n) is 3.32. The summed E-state index contributed by atoms with van der Waals surface area (Å²) < 4.78 is 1.85. The van der Waals surface area contributed by atoms with E-state index in [9.17, 15) is 4.79 Å². The smallest absolute Gasteiger partial charge is 0.239 e. The van der Waals surface area contributed by atoms with Gasteiger partial charge >= 0.3 is 0 Å². The highest BCUT2D eigenvalue weighted by atomic mass is 16.1. The highest BCUT2D eigenvalue weighted by Gasteiger charge is 2.31. The largest absolute Gasteiger partial charge is 0.368 e. The molecule has 0 aliphatic carbocycles. The normalized spacial score (nSPS) is 14.6. The quantitative estimate of drug-likeness (QED) is 0.791. The van der Waals surface area contributed by atoms with Gasteiger partial charge in [-0.15, -0.1) is 0 Å². The van der Waals surface area contributed by atoms with Crippen LogP contribution in [0.1, 0.15) is 30.8 Å². The Morgan fingerprint density at radius 3 is 2.41 bits per heavy atom. The van der Waals surface area contributed by atoms with Crippen molar-refractivity contribution in [2.24, 2.45) is 5.73 Å². The molecule has 1 aromatic heterocycles. The molecule has 1 unspecified atom stereocenters. The lowest BCUT2D eigenvalue weighted by molar-refractivity contribution is -0.124. The maximum atomic E-state index is 11.5. The van der Waals surface area contributed by atoms with E-state index >= 15 is 0 Å². The van der Waals surface area contributed by atoms with Gasteiger partial charge in [-0.2, -0.15) is 5.10 Å². The molecule has 0 fully saturated rings. The van der Waals surface area contributed by atoms with Gasteiger partial charge in [0.05, 0.1) is 12.2 Å². The molecule has 0 saturated carbocycles. The van der Waals surface area contributed by atoms with Crippen molar-refractivity contribution in [3.63, 3.8) is 0 Å². The van der Waals surface area contributed by atoms with Gasteiger partial charge in [0.1, 0.15) is 5.54 Å². The van der Waals surface area contributed by atoms with Crippen molar-refractivity contribution in [3.8, 4) is 0 Å². The number of aromatic nitrogens is 2. The lowest BCUT2D eigenvalue weighted by Gasteiger charge is -2.27. The minimum absolute atomic E-state index is 0.357. The zero-order chi connectivity index (χ0) is 13.2. The lowest BCUT2D eigenvalue weighted by atomic mass is 10.0. The first-order chi connectivity index (χ1) is 7.81. The third kappa shape index (κ3) is 2.66. The summed E-state index contributed by atoms with van der Waals surface area (Å²) in [5.74, 6) is -0.357. The summed E-state index contributed by atoms with van der Waals surface area (Å²) in [6.07, 6.45) is 0. The van der Waals surface area contributed by atoms with Crippen LogP contribution in [-0.2, 0) is 11.3 Å². The number of carbonyl (C=O) groups is 1. The van der Waals surface area contributed by atoms with Crippen molar-refractivity contribution in [1.29, 1.82) is 0 Å². The highest BCUT2D eigenvalue weighted by Crippen LogP contribution is 2.14. The standard InChI is InChI=1S/C12H22N4O/c1-6-14-12(5,11(13)17)7-16-10(4)8(2)9(3)15-16/h14H,6-7H2,1-5H3,(H2,13,17). The maximum absolute atomic E-state index is 11.5. The van der Waals surface area contributed by atoms with E-state index in [-0.39, 0.29) is 5.91 Å². The molecule has 5 heteroatoms. The number of carbonyl (C=O) groups excluding carboxylic acids is 1. The minimum atomic E-state index is -0.760. The summed E-state index contributed by atoms with van der Waals surface area (Å²) in [6.45, 7) is 10.9. The molecule has 96 valence electrons. The summed E-state index contributed by atoms with van der Waals surface area (Å²) >= 11 is 0. The maximum Gasteiger partial charge on any atom is 0.239 e. The Morgan fingerprint density at radius 1 is 1.47 bits per heavy atom. The van der Waals surface area contributed by atoms with Crippen LogP contribution in [-0.4, -0.2) is 27.8 Å². The van der Waals surface area contributed by atoms with Gasteiger partial charge in [-0.1, -0.05) is 6.92 Å². The van der Waals surface area contributed by atoms with Crippen molar-refractivity contribution in [2.45, 2.75) is 46.7 Å². The number of amides is 1. The van der Waals surface area contributed by atoms with Crippen LogP contribution in [0.25, 0.3) is 0 Å². The number of hydrogen-bond acceptors (Lipinski definition) is 3. The van der Waals surface area contributed by atoms with Crippen LogP contribution in [0.4, 0.5) is 0 Å². The Kier molecular flexibility index (Phi) is 3.93. The van der Waals surface area contributed by atoms with Crippen LogP contribution < -0.4 is 11.1 Å². The van der Waals surface area contributed by atoms with E-state index in [1.807, 2.05) is 39.3 Å². The molecule has 1 aromatic rings. The van der Waals surface area contributed by atoms with E-state index in [0.717, 1.165) is 17.0 Å². The van der Waals surface area contributed by atoms with E-state index in [1.54, 1.807) is 0 Å². The molecule has 0 saturated heterocycles. The number of rotatable bonds is 5. The van der Waals surface area contributed by atoms with Gasteiger partial charge < -0.3 is 11.1 Å². The van der Waals surface area contributed by atoms with E-state index in [1.165, 1.54) is 0 Å². The van der Waals surface area contributed by atoms with E-state index in [4.69, 9.17) is 5.73 Å². The van der Waals surface area contributed by atoms with Gasteiger partial charge in [-0.05, 0) is 39.8 Å². The molecule has 0 radical (unpaired) electrons. The van der Waals surface area contributed by atoms with E-state index in [2.05, 4.69) is 10.4 Å². The minimum Gasteiger partial charge on any atom is -0.368 e. The highest BCUT2D eigenvalue weighted by molar-refractivity contribution is 5.84. The Bertz CT molecular complexity index is 424. The molecular weight excluding hydrogens is 216 g/mol. The number of nitrogens with zero attached hydrogens (tertiary/aromatic N) is 2. The first-order valence-electron chi connectivity index (χ1n) is 5.87. The first kappa shape index (κ1) is 13.7. The van der Waals surface area contributed by atoms with E-state index < -0.39 is 5.54 Å². The molecular formula is C12H22N4O. The Labute approximate surface area is 102 Å². The SMILES string of the molecule is CCNC(C)(Cn1nc(C)c(C)c1C)C(N)=O. The predicted octanol–water partition coefficient (Wildman–Crippen LogP) is 0.662. The molecule has 0 spiro atoms. The monoisotopic (exact) mass is 238 g/mol. The van der Waals surface area contributed by atoms with Crippen LogP contribution in [0.2, 0.25) is 0 Å². The molecule has 3 N–H and O–H groups in total. The summed E-state index contributed by atoms with van der Waals surface area (Å²) in [5, 5.41) is 7.56. The number of primary amides is 1. The van der Waals surface area contributed by atoms with Gasteiger partial charge in [0, 0.05) is 5.69 Å². The summed E-state index contributed by atoms with van der Waals surface area (Å²) in [7, 11) is 0. The molecule has 0 aliphatic heterocycles. The Balaban J connectivity index is 3.02. The number of nitrogens with two attached hydrogens (primary N) is 1. The third-order valence-corrected chi connectivity index (χ3v) is 3.32. The predicted molar refractivity (Wildman–Crippen MR) is 67.7 cm³/mol. The molecule has 5 nitrogen and oxygen atoms in total. The van der Waals surface area contributed by atoms with Crippen LogP contribution in [0, 0.1) is 20.8 Å². The number of nitrogens with one attached hydrogen (secondary N) is 1. The summed E-state index contributed by atoms with van der Waals surface area (Å²) in [6, 6.07) is 0. The van der Waals surface area contributed by atoms with Gasteiger partial charge in [-0.25, -0.2) is 0 Å². The fraction of sp³-hybridized carbons (Fsp3) is 0.667. The van der Waals surface area contributed by atoms with Crippen molar-refractivity contribution < 1.29 is 4.79 Å². The summed E-state index contributed by atoms with van der Waals surface area (Å²) in [4.78, 5) is 11.5. The van der Waals surface area contributed by atoms with Crippen molar-refractivity contribution >= 4 is 5.91 Å². The Hall–Kier alpha value is -1.36. The van der Waals surface area contributed by atoms with Gasteiger partial charge in [0.2, 0.25) is 5.91 Å². The second kappa shape index (κ2) is 4.87. The second-order valence-corrected chi connectivity index (χ2v) is 4.68. The fourth-order valence-electron chi connectivity index (χ4n) is 1.85. The molecule has 0 aliphatic rings. The lowest BCUT2D eigenvalue weighted by Crippen LogP contribution is -2.56. The van der Waals surface area contributed by atoms with Crippen molar-refractivity contribution in [3.05, 3.63) is 17.0 Å². The van der Waals surface area contributed by atoms with Gasteiger partial charge in [0.25, 0.3) is 0 Å². The zero-order valence-corrected chi connectivity index (χ0v) is 11.3. The van der Waals surface area contributed by atoms with Crippen LogP contribution in [0.3, 0.4) is 0 Å². The molecule has 1 atom stereocenters. The number of hydrogen-bond donors (Lipinski definition) is 2. The molecule has 1 rings (SSSR count). The van der Waals surface area contributed by atoms with E-state index in [0.29, 0.717) is 13.1 Å². The Morgan fingerprint density at radius 2 is 2.06 bits per heavy atom. The zero-order valence-electron chi connectivity index (χ0n) is 11.3. The van der Waals surface area contributed by atoms with Gasteiger partial charge in [-0.3, -0.25) is 9.48 Å². The average molecular weight is 238 g/mol. The number of likely N-dealkylation sites (N-methyl/N-ethyl adjacent to an activating group) is 1. The van der Waals surface area contributed by atoms with Crippen LogP contribution in [0.5, 0.6) is 0 Å². The van der Waals surface area contributed by atoms with Crippen LogP contribution in [0.15, 0.2) is 0 Å². The van der Waals surface area contributed by atoms with Crippen molar-refractivity contribution in [2.75, 3.05) is 6.54 Å². The topological polar surface area (TPSA) is 72.9 Å². The number of aryl methyl sites for hydroxylation is 1. The van der Waals surface area contributed by atoms with Crippen molar-refractivity contribution in [1.82, 2.24) is 15.1 Å². The first-order valence-corrected chi connectivity index (χ1v) is 5.87. The van der Waals surface area contributed by atoms with Crippen LogP contribution >= 0.6 is 0 Å².